The van der Waals surface area contributed by atoms with Gasteiger partial charge in [0.2, 0.25) is 0 Å². The van der Waals surface area contributed by atoms with E-state index in [-0.39, 0.29) is 22.9 Å². The van der Waals surface area contributed by atoms with Crippen molar-refractivity contribution in [3.8, 4) is 0 Å². The zero-order valence-electron chi connectivity index (χ0n) is 18.1. The maximum Gasteiger partial charge on any atom is 0.336 e. The number of allylic oxidation sites excluding steroid dienone is 2. The summed E-state index contributed by atoms with van der Waals surface area (Å²) in [6.07, 6.45) is 7.73. The Morgan fingerprint density at radius 3 is 2.68 bits per heavy atom. The van der Waals surface area contributed by atoms with Gasteiger partial charge in [0.25, 0.3) is 0 Å². The molecule has 0 saturated heterocycles. The summed E-state index contributed by atoms with van der Waals surface area (Å²) < 4.78 is 11.1. The lowest BCUT2D eigenvalue weighted by Crippen LogP contribution is -2.35. The quantitative estimate of drug-likeness (QED) is 0.553. The van der Waals surface area contributed by atoms with Crippen LogP contribution in [0.3, 0.4) is 0 Å². The minimum atomic E-state index is -0.444. The van der Waals surface area contributed by atoms with E-state index in [1.54, 1.807) is 6.08 Å². The molecule has 5 atom stereocenters. The Morgan fingerprint density at radius 2 is 2.07 bits per heavy atom. The van der Waals surface area contributed by atoms with Crippen LogP contribution >= 0.6 is 0 Å². The molecule has 3 aliphatic carbocycles. The summed E-state index contributed by atoms with van der Waals surface area (Å²) in [5.74, 6) is 0.645. The number of rotatable bonds is 5. The van der Waals surface area contributed by atoms with Gasteiger partial charge in [-0.2, -0.15) is 0 Å². The fourth-order valence-electron chi connectivity index (χ4n) is 5.95. The van der Waals surface area contributed by atoms with Crippen molar-refractivity contribution in [1.82, 2.24) is 0 Å². The fourth-order valence-corrected chi connectivity index (χ4v) is 5.95. The van der Waals surface area contributed by atoms with Crippen molar-refractivity contribution in [3.63, 3.8) is 0 Å². The Labute approximate surface area is 169 Å². The smallest absolute Gasteiger partial charge is 0.336 e. The van der Waals surface area contributed by atoms with Crippen LogP contribution in [0, 0.1) is 22.7 Å². The van der Waals surface area contributed by atoms with Gasteiger partial charge in [0.1, 0.15) is 0 Å². The van der Waals surface area contributed by atoms with Gasteiger partial charge in [-0.3, -0.25) is 0 Å². The molecule has 1 fully saturated rings. The standard InChI is InChI=1S/C24H36O4/c1-7-12-28-20-8-9-23(4)10-11-24(5)16(15(2)3)14-19(25)17(24)13-18(23)21(20)22(26)27-6/h7,13,15-16,19-20,25H,1,8-12,14H2,2-6H3/t16-,19+,20-,23-,24-/m1/s1. The Bertz CT molecular complexity index is 703. The van der Waals surface area contributed by atoms with Gasteiger partial charge in [-0.05, 0) is 65.9 Å². The van der Waals surface area contributed by atoms with Crippen molar-refractivity contribution in [3.05, 3.63) is 35.5 Å². The van der Waals surface area contributed by atoms with E-state index in [0.29, 0.717) is 24.0 Å². The normalized spacial score (nSPS) is 37.8. The Hall–Kier alpha value is -1.39. The molecule has 0 unspecified atom stereocenters. The molecule has 0 aromatic carbocycles. The number of fused-ring (bicyclic) bond motifs is 2. The first-order valence-electron chi connectivity index (χ1n) is 10.6. The number of esters is 1. The lowest BCUT2D eigenvalue weighted by molar-refractivity contribution is -0.138. The molecule has 4 nitrogen and oxygen atoms in total. The Balaban J connectivity index is 2.17. The van der Waals surface area contributed by atoms with Crippen molar-refractivity contribution in [2.75, 3.05) is 13.7 Å². The van der Waals surface area contributed by atoms with E-state index in [2.05, 4.69) is 40.3 Å². The molecule has 0 aliphatic heterocycles. The molecule has 1 saturated carbocycles. The molecule has 3 aliphatic rings. The van der Waals surface area contributed by atoms with Crippen molar-refractivity contribution in [1.29, 1.82) is 0 Å². The molecule has 0 aromatic rings. The summed E-state index contributed by atoms with van der Waals surface area (Å²) in [6, 6.07) is 0. The highest BCUT2D eigenvalue weighted by Crippen LogP contribution is 2.59. The molecule has 156 valence electrons. The van der Waals surface area contributed by atoms with Crippen LogP contribution in [0.25, 0.3) is 0 Å². The molecule has 0 radical (unpaired) electrons. The van der Waals surface area contributed by atoms with Crippen LogP contribution in [-0.2, 0) is 14.3 Å². The third-order valence-electron chi connectivity index (χ3n) is 7.66. The van der Waals surface area contributed by atoms with E-state index >= 15 is 0 Å². The van der Waals surface area contributed by atoms with E-state index in [9.17, 15) is 9.90 Å². The molecule has 3 rings (SSSR count). The molecule has 0 aromatic heterocycles. The van der Waals surface area contributed by atoms with Crippen LogP contribution in [0.5, 0.6) is 0 Å². The van der Waals surface area contributed by atoms with Gasteiger partial charge in [0.05, 0.1) is 31.5 Å². The van der Waals surface area contributed by atoms with Gasteiger partial charge < -0.3 is 14.6 Å². The summed E-state index contributed by atoms with van der Waals surface area (Å²) in [5.41, 5.74) is 2.62. The maximum absolute atomic E-state index is 12.8. The molecule has 0 heterocycles. The van der Waals surface area contributed by atoms with E-state index in [1.807, 2.05) is 0 Å². The number of ether oxygens (including phenoxy) is 2. The van der Waals surface area contributed by atoms with E-state index in [1.165, 1.54) is 7.11 Å². The number of carbonyl (C=O) groups excluding carboxylic acids is 1. The van der Waals surface area contributed by atoms with Gasteiger partial charge in [-0.1, -0.05) is 39.8 Å². The molecule has 28 heavy (non-hydrogen) atoms. The van der Waals surface area contributed by atoms with Crippen molar-refractivity contribution in [2.45, 2.75) is 72.0 Å². The van der Waals surface area contributed by atoms with Gasteiger partial charge in [0, 0.05) is 0 Å². The first-order valence-corrected chi connectivity index (χ1v) is 10.6. The third kappa shape index (κ3) is 3.39. The van der Waals surface area contributed by atoms with Crippen molar-refractivity contribution >= 4 is 5.97 Å². The first-order chi connectivity index (χ1) is 13.2. The monoisotopic (exact) mass is 388 g/mol. The summed E-state index contributed by atoms with van der Waals surface area (Å²) >= 11 is 0. The second-order valence-corrected chi connectivity index (χ2v) is 9.65. The van der Waals surface area contributed by atoms with E-state index in [0.717, 1.165) is 43.3 Å². The molecular formula is C24H36O4. The number of hydrogen-bond donors (Lipinski definition) is 1. The van der Waals surface area contributed by atoms with Crippen LogP contribution in [0.15, 0.2) is 35.5 Å². The minimum absolute atomic E-state index is 0.0281. The zero-order valence-corrected chi connectivity index (χ0v) is 18.1. The number of aliphatic hydroxyl groups excluding tert-OH is 1. The van der Waals surface area contributed by atoms with E-state index in [4.69, 9.17) is 9.47 Å². The van der Waals surface area contributed by atoms with Crippen LogP contribution in [0.1, 0.15) is 59.8 Å². The van der Waals surface area contributed by atoms with Gasteiger partial charge >= 0.3 is 5.97 Å². The Morgan fingerprint density at radius 1 is 1.36 bits per heavy atom. The minimum Gasteiger partial charge on any atom is -0.466 e. The zero-order chi connectivity index (χ0) is 20.7. The average Bonchev–Trinajstić information content (AvgIpc) is 2.83. The van der Waals surface area contributed by atoms with Gasteiger partial charge in [0.15, 0.2) is 0 Å². The van der Waals surface area contributed by atoms with E-state index < -0.39 is 6.10 Å². The highest BCUT2D eigenvalue weighted by atomic mass is 16.5. The predicted octanol–water partition coefficient (Wildman–Crippen LogP) is 4.59. The maximum atomic E-state index is 12.8. The lowest BCUT2D eigenvalue weighted by atomic mass is 9.65. The summed E-state index contributed by atoms with van der Waals surface area (Å²) in [5, 5.41) is 10.9. The highest BCUT2D eigenvalue weighted by molar-refractivity contribution is 5.91. The van der Waals surface area contributed by atoms with Gasteiger partial charge in [-0.15, -0.1) is 6.58 Å². The molecular weight excluding hydrogens is 352 g/mol. The molecule has 0 amide bonds. The average molecular weight is 389 g/mol. The molecule has 0 bridgehead atoms. The number of hydrogen-bond acceptors (Lipinski definition) is 4. The molecule has 1 N–H and O–H groups in total. The summed E-state index contributed by atoms with van der Waals surface area (Å²) in [4.78, 5) is 12.8. The van der Waals surface area contributed by atoms with Crippen LogP contribution < -0.4 is 0 Å². The first kappa shape index (κ1) is 21.3. The largest absolute Gasteiger partial charge is 0.466 e. The molecule has 0 spiro atoms. The summed E-state index contributed by atoms with van der Waals surface area (Å²) in [6.45, 7) is 13.2. The van der Waals surface area contributed by atoms with Crippen LogP contribution in [0.2, 0.25) is 0 Å². The van der Waals surface area contributed by atoms with Crippen LogP contribution in [0.4, 0.5) is 0 Å². The fraction of sp³-hybridized carbons (Fsp3) is 0.708. The predicted molar refractivity (Wildman–Crippen MR) is 111 cm³/mol. The van der Waals surface area contributed by atoms with Crippen LogP contribution in [-0.4, -0.2) is 37.0 Å². The highest BCUT2D eigenvalue weighted by Gasteiger charge is 2.52. The lowest BCUT2D eigenvalue weighted by Gasteiger charge is -2.40. The summed E-state index contributed by atoms with van der Waals surface area (Å²) in [7, 11) is 1.43. The second kappa shape index (κ2) is 7.79. The van der Waals surface area contributed by atoms with Gasteiger partial charge in [-0.25, -0.2) is 4.79 Å². The number of carbonyl (C=O) groups is 1. The second-order valence-electron chi connectivity index (χ2n) is 9.65. The SMILES string of the molecule is C=CCO[C@@H]1CC[C@]2(C)CC[C@@]3(C)C(=CC2=C1C(=O)OC)[C@@H](O)C[C@@H]3C(C)C. The Kier molecular flexibility index (Phi) is 5.94. The molecule has 4 heteroatoms. The van der Waals surface area contributed by atoms with Crippen molar-refractivity contribution < 1.29 is 19.4 Å². The number of aliphatic hydroxyl groups is 1. The van der Waals surface area contributed by atoms with Crippen molar-refractivity contribution in [2.24, 2.45) is 22.7 Å². The third-order valence-corrected chi connectivity index (χ3v) is 7.66. The topological polar surface area (TPSA) is 55.8 Å². The number of methoxy groups -OCH3 is 1.